The molecule has 0 saturated heterocycles. The molecule has 4 rings (SSSR count). The molecule has 0 fully saturated rings. The lowest BCUT2D eigenvalue weighted by atomic mass is 10.1. The number of para-hydroxylation sites is 1. The van der Waals surface area contributed by atoms with Gasteiger partial charge in [-0.15, -0.1) is 0 Å². The molecule has 1 atom stereocenters. The van der Waals surface area contributed by atoms with Gasteiger partial charge in [-0.05, 0) is 19.1 Å². The lowest BCUT2D eigenvalue weighted by molar-refractivity contribution is 0.0632. The van der Waals surface area contributed by atoms with E-state index in [0.717, 1.165) is 29.0 Å². The topological polar surface area (TPSA) is 60.2 Å². The third-order valence-corrected chi connectivity index (χ3v) is 4.77. The zero-order valence-electron chi connectivity index (χ0n) is 14.3. The van der Waals surface area contributed by atoms with Crippen LogP contribution in [0.15, 0.2) is 42.7 Å². The lowest BCUT2D eigenvalue weighted by Gasteiger charge is -2.34. The number of methoxy groups -OCH3 is 1. The average Bonchev–Trinajstić information content (AvgIpc) is 3.05. The average molecular weight is 336 g/mol. The van der Waals surface area contributed by atoms with E-state index in [9.17, 15) is 4.79 Å². The number of aromatic nitrogens is 3. The predicted octanol–water partition coefficient (Wildman–Crippen LogP) is 2.79. The number of carbonyl (C=O) groups excluding carboxylic acids is 1. The molecule has 3 aromatic rings. The summed E-state index contributed by atoms with van der Waals surface area (Å²) in [7, 11) is 1.68. The first-order valence-corrected chi connectivity index (χ1v) is 8.38. The third-order valence-electron chi connectivity index (χ3n) is 4.77. The fraction of sp³-hybridized carbons (Fsp3) is 0.316. The van der Waals surface area contributed by atoms with E-state index in [0.29, 0.717) is 18.7 Å². The second-order valence-corrected chi connectivity index (χ2v) is 6.28. The molecule has 128 valence electrons. The van der Waals surface area contributed by atoms with Crippen molar-refractivity contribution in [1.29, 1.82) is 0 Å². The van der Waals surface area contributed by atoms with Crippen LogP contribution in [-0.2, 0) is 17.9 Å². The molecular formula is C19H20N4O2. The van der Waals surface area contributed by atoms with E-state index in [2.05, 4.69) is 14.5 Å². The van der Waals surface area contributed by atoms with Gasteiger partial charge in [-0.3, -0.25) is 9.78 Å². The molecule has 0 unspecified atom stereocenters. The molecule has 1 aromatic carbocycles. The van der Waals surface area contributed by atoms with Crippen molar-refractivity contribution in [1.82, 2.24) is 19.4 Å². The largest absolute Gasteiger partial charge is 0.378 e. The summed E-state index contributed by atoms with van der Waals surface area (Å²) in [5.74, 6) is 0.897. The molecule has 1 aliphatic heterocycles. The summed E-state index contributed by atoms with van der Waals surface area (Å²) in [5, 5.41) is 0.974. The maximum absolute atomic E-state index is 13.0. The number of fused-ring (bicyclic) bond motifs is 2. The van der Waals surface area contributed by atoms with Crippen LogP contribution in [0, 0.1) is 0 Å². The highest BCUT2D eigenvalue weighted by atomic mass is 16.5. The van der Waals surface area contributed by atoms with Crippen LogP contribution in [-0.4, -0.2) is 39.0 Å². The first-order chi connectivity index (χ1) is 12.2. The van der Waals surface area contributed by atoms with Crippen LogP contribution < -0.4 is 0 Å². The number of hydrogen-bond donors (Lipinski definition) is 0. The SMILES string of the molecule is COCc1cnc2n1CCN(C(=O)c1cnc3ccccc3c1)[C@@H]2C. The van der Waals surface area contributed by atoms with Gasteiger partial charge in [0.05, 0.1) is 35.6 Å². The quantitative estimate of drug-likeness (QED) is 0.738. The Morgan fingerprint density at radius 2 is 2.08 bits per heavy atom. The van der Waals surface area contributed by atoms with E-state index in [1.54, 1.807) is 13.3 Å². The zero-order valence-corrected chi connectivity index (χ0v) is 14.3. The Balaban J connectivity index is 1.63. The summed E-state index contributed by atoms with van der Waals surface area (Å²) in [6, 6.07) is 9.65. The molecule has 0 bridgehead atoms. The summed E-state index contributed by atoms with van der Waals surface area (Å²) in [5.41, 5.74) is 2.55. The molecule has 0 N–H and O–H groups in total. The van der Waals surface area contributed by atoms with Gasteiger partial charge in [0.1, 0.15) is 5.82 Å². The number of benzene rings is 1. The maximum Gasteiger partial charge on any atom is 0.256 e. The number of amides is 1. The number of ether oxygens (including phenoxy) is 1. The monoisotopic (exact) mass is 336 g/mol. The third kappa shape index (κ3) is 2.68. The Bertz CT molecular complexity index is 934. The van der Waals surface area contributed by atoms with Crippen molar-refractivity contribution in [2.75, 3.05) is 13.7 Å². The van der Waals surface area contributed by atoms with Gasteiger partial charge in [-0.25, -0.2) is 4.98 Å². The second kappa shape index (κ2) is 6.29. The van der Waals surface area contributed by atoms with Crippen molar-refractivity contribution >= 4 is 16.8 Å². The van der Waals surface area contributed by atoms with Crippen molar-refractivity contribution in [3.8, 4) is 0 Å². The van der Waals surface area contributed by atoms with Crippen LogP contribution in [0.25, 0.3) is 10.9 Å². The van der Waals surface area contributed by atoms with Crippen molar-refractivity contribution in [2.24, 2.45) is 0 Å². The zero-order chi connectivity index (χ0) is 17.4. The molecule has 1 aliphatic rings. The minimum absolute atomic E-state index is 0.00621. The first kappa shape index (κ1) is 15.8. The molecule has 6 heteroatoms. The Hall–Kier alpha value is -2.73. The van der Waals surface area contributed by atoms with Gasteiger partial charge in [0.15, 0.2) is 0 Å². The fourth-order valence-corrected chi connectivity index (χ4v) is 3.45. The summed E-state index contributed by atoms with van der Waals surface area (Å²) in [6.07, 6.45) is 3.50. The predicted molar refractivity (Wildman–Crippen MR) is 94.1 cm³/mol. The molecular weight excluding hydrogens is 316 g/mol. The maximum atomic E-state index is 13.0. The van der Waals surface area contributed by atoms with Crippen LogP contribution in [0.5, 0.6) is 0 Å². The molecule has 1 amide bonds. The number of pyridine rings is 1. The smallest absolute Gasteiger partial charge is 0.256 e. The van der Waals surface area contributed by atoms with Crippen molar-refractivity contribution in [2.45, 2.75) is 26.1 Å². The summed E-state index contributed by atoms with van der Waals surface area (Å²) in [6.45, 7) is 3.92. The Morgan fingerprint density at radius 3 is 2.92 bits per heavy atom. The van der Waals surface area contributed by atoms with Crippen LogP contribution in [0.1, 0.15) is 34.8 Å². The van der Waals surface area contributed by atoms with E-state index in [1.807, 2.05) is 48.4 Å². The van der Waals surface area contributed by atoms with Crippen LogP contribution in [0.4, 0.5) is 0 Å². The van der Waals surface area contributed by atoms with Crippen molar-refractivity contribution in [3.05, 3.63) is 59.8 Å². The van der Waals surface area contributed by atoms with E-state index >= 15 is 0 Å². The van der Waals surface area contributed by atoms with Crippen LogP contribution >= 0.6 is 0 Å². The number of rotatable bonds is 3. The second-order valence-electron chi connectivity index (χ2n) is 6.28. The molecule has 3 heterocycles. The molecule has 0 aliphatic carbocycles. The van der Waals surface area contributed by atoms with Gasteiger partial charge in [0.25, 0.3) is 5.91 Å². The number of imidazole rings is 1. The molecule has 0 radical (unpaired) electrons. The molecule has 0 saturated carbocycles. The van der Waals surface area contributed by atoms with Crippen molar-refractivity contribution in [3.63, 3.8) is 0 Å². The Labute approximate surface area is 146 Å². The number of hydrogen-bond acceptors (Lipinski definition) is 4. The minimum atomic E-state index is -0.0849. The highest BCUT2D eigenvalue weighted by Gasteiger charge is 2.31. The summed E-state index contributed by atoms with van der Waals surface area (Å²) < 4.78 is 7.37. The van der Waals surface area contributed by atoms with Crippen LogP contribution in [0.2, 0.25) is 0 Å². The molecule has 6 nitrogen and oxygen atoms in total. The molecule has 25 heavy (non-hydrogen) atoms. The van der Waals surface area contributed by atoms with Gasteiger partial charge >= 0.3 is 0 Å². The van der Waals surface area contributed by atoms with Gasteiger partial charge in [-0.2, -0.15) is 0 Å². The number of nitrogens with zero attached hydrogens (tertiary/aromatic N) is 4. The highest BCUT2D eigenvalue weighted by molar-refractivity contribution is 5.97. The van der Waals surface area contributed by atoms with E-state index in [4.69, 9.17) is 4.74 Å². The van der Waals surface area contributed by atoms with Gasteiger partial charge in [-0.1, -0.05) is 18.2 Å². The fourth-order valence-electron chi connectivity index (χ4n) is 3.45. The minimum Gasteiger partial charge on any atom is -0.378 e. The summed E-state index contributed by atoms with van der Waals surface area (Å²) in [4.78, 5) is 23.8. The van der Waals surface area contributed by atoms with E-state index < -0.39 is 0 Å². The first-order valence-electron chi connectivity index (χ1n) is 8.38. The Morgan fingerprint density at radius 1 is 1.24 bits per heavy atom. The highest BCUT2D eigenvalue weighted by Crippen LogP contribution is 2.27. The molecule has 2 aromatic heterocycles. The molecule has 0 spiro atoms. The van der Waals surface area contributed by atoms with Crippen molar-refractivity contribution < 1.29 is 9.53 Å². The standard InChI is InChI=1S/C19H20N4O2/c1-13-18-21-11-16(12-25-2)23(18)8-7-22(13)19(24)15-9-14-5-3-4-6-17(14)20-10-15/h3-6,9-11,13H,7-8,12H2,1-2H3/t13-/m1/s1. The normalized spacial score (nSPS) is 16.9. The van der Waals surface area contributed by atoms with E-state index in [1.165, 1.54) is 0 Å². The summed E-state index contributed by atoms with van der Waals surface area (Å²) >= 11 is 0. The van der Waals surface area contributed by atoms with E-state index in [-0.39, 0.29) is 11.9 Å². The lowest BCUT2D eigenvalue weighted by Crippen LogP contribution is -2.41. The van der Waals surface area contributed by atoms with Crippen LogP contribution in [0.3, 0.4) is 0 Å². The number of carbonyl (C=O) groups is 1. The van der Waals surface area contributed by atoms with Gasteiger partial charge in [0.2, 0.25) is 0 Å². The Kier molecular flexibility index (Phi) is 3.97. The van der Waals surface area contributed by atoms with Gasteiger partial charge < -0.3 is 14.2 Å². The van der Waals surface area contributed by atoms with Gasteiger partial charge in [0, 0.05) is 31.8 Å².